The monoisotopic (exact) mass is 276 g/mol. The Balaban J connectivity index is 2.18. The van der Waals surface area contributed by atoms with Crippen LogP contribution < -0.4 is 10.6 Å². The molecule has 1 aliphatic rings. The number of rotatable bonds is 2. The molecule has 1 saturated heterocycles. The third-order valence-corrected chi connectivity index (χ3v) is 4.28. The summed E-state index contributed by atoms with van der Waals surface area (Å²) in [5, 5.41) is 16.2. The van der Waals surface area contributed by atoms with Gasteiger partial charge in [-0.1, -0.05) is 19.9 Å². The van der Waals surface area contributed by atoms with Crippen LogP contribution in [0.2, 0.25) is 0 Å². The summed E-state index contributed by atoms with van der Waals surface area (Å²) < 4.78 is 0. The Morgan fingerprint density at radius 2 is 2.10 bits per heavy atom. The Labute approximate surface area is 120 Å². The van der Waals surface area contributed by atoms with Crippen molar-refractivity contribution < 1.29 is 9.90 Å². The molecule has 1 aromatic carbocycles. The average molecular weight is 276 g/mol. The smallest absolute Gasteiger partial charge is 0.242 e. The predicted octanol–water partition coefficient (Wildman–Crippen LogP) is 2.73. The molecule has 1 aliphatic heterocycles. The Kier molecular flexibility index (Phi) is 4.04. The summed E-state index contributed by atoms with van der Waals surface area (Å²) in [4.78, 5) is 12.5. The zero-order valence-corrected chi connectivity index (χ0v) is 12.7. The molecule has 0 spiro atoms. The molecule has 110 valence electrons. The van der Waals surface area contributed by atoms with E-state index in [0.717, 1.165) is 24.9 Å². The molecule has 1 heterocycles. The number of anilines is 1. The summed E-state index contributed by atoms with van der Waals surface area (Å²) in [5.74, 6) is 0.222. The SMILES string of the molecule is Cc1ccc(NC(=O)C2NCCCC2(C)C)c(C)c1O. The number of piperidine rings is 1. The molecule has 20 heavy (non-hydrogen) atoms. The van der Waals surface area contributed by atoms with Crippen LogP contribution in [0.5, 0.6) is 5.75 Å². The van der Waals surface area contributed by atoms with Crippen molar-refractivity contribution in [3.8, 4) is 5.75 Å². The van der Waals surface area contributed by atoms with Gasteiger partial charge >= 0.3 is 0 Å². The van der Waals surface area contributed by atoms with E-state index in [1.54, 1.807) is 0 Å². The second-order valence-electron chi connectivity index (χ2n) is 6.37. The van der Waals surface area contributed by atoms with Gasteiger partial charge < -0.3 is 15.7 Å². The van der Waals surface area contributed by atoms with Gasteiger partial charge in [-0.15, -0.1) is 0 Å². The van der Waals surface area contributed by atoms with Gasteiger partial charge in [-0.25, -0.2) is 0 Å². The highest BCUT2D eigenvalue weighted by Gasteiger charge is 2.37. The topological polar surface area (TPSA) is 61.4 Å². The summed E-state index contributed by atoms with van der Waals surface area (Å²) in [6, 6.07) is 3.47. The zero-order valence-electron chi connectivity index (χ0n) is 12.7. The lowest BCUT2D eigenvalue weighted by atomic mass is 9.77. The molecule has 2 rings (SSSR count). The molecule has 0 aliphatic carbocycles. The normalized spacial score (nSPS) is 21.5. The third kappa shape index (κ3) is 2.80. The van der Waals surface area contributed by atoms with Crippen LogP contribution in [0.1, 0.15) is 37.8 Å². The third-order valence-electron chi connectivity index (χ3n) is 4.28. The van der Waals surface area contributed by atoms with Crippen molar-refractivity contribution >= 4 is 11.6 Å². The first-order chi connectivity index (χ1) is 9.33. The molecule has 1 amide bonds. The van der Waals surface area contributed by atoms with Crippen molar-refractivity contribution in [2.45, 2.75) is 46.6 Å². The van der Waals surface area contributed by atoms with E-state index in [4.69, 9.17) is 0 Å². The number of benzene rings is 1. The zero-order chi connectivity index (χ0) is 14.9. The number of carbonyl (C=O) groups excluding carboxylic acids is 1. The molecular formula is C16H24N2O2. The number of phenolic OH excluding ortho intramolecular Hbond substituents is 1. The van der Waals surface area contributed by atoms with Gasteiger partial charge in [0.2, 0.25) is 5.91 Å². The van der Waals surface area contributed by atoms with E-state index in [1.165, 1.54) is 0 Å². The van der Waals surface area contributed by atoms with Gasteiger partial charge in [0.15, 0.2) is 0 Å². The average Bonchev–Trinajstić information content (AvgIpc) is 2.39. The van der Waals surface area contributed by atoms with Crippen molar-refractivity contribution in [2.75, 3.05) is 11.9 Å². The van der Waals surface area contributed by atoms with Crippen molar-refractivity contribution in [3.63, 3.8) is 0 Å². The highest BCUT2D eigenvalue weighted by atomic mass is 16.3. The van der Waals surface area contributed by atoms with Crippen LogP contribution in [0.25, 0.3) is 0 Å². The van der Waals surface area contributed by atoms with Gasteiger partial charge in [0, 0.05) is 11.3 Å². The molecule has 0 bridgehead atoms. The number of amides is 1. The van der Waals surface area contributed by atoms with E-state index in [9.17, 15) is 9.90 Å². The van der Waals surface area contributed by atoms with Gasteiger partial charge in [0.1, 0.15) is 5.75 Å². The van der Waals surface area contributed by atoms with Gasteiger partial charge in [-0.3, -0.25) is 4.79 Å². The van der Waals surface area contributed by atoms with E-state index >= 15 is 0 Å². The summed E-state index contributed by atoms with van der Waals surface area (Å²) in [6.45, 7) is 8.77. The van der Waals surface area contributed by atoms with Gasteiger partial charge in [-0.2, -0.15) is 0 Å². The van der Waals surface area contributed by atoms with Crippen LogP contribution in [0.15, 0.2) is 12.1 Å². The van der Waals surface area contributed by atoms with Crippen LogP contribution in [-0.2, 0) is 4.79 Å². The van der Waals surface area contributed by atoms with Crippen molar-refractivity contribution in [1.82, 2.24) is 5.32 Å². The van der Waals surface area contributed by atoms with Gasteiger partial charge in [0.05, 0.1) is 6.04 Å². The molecule has 0 saturated carbocycles. The van der Waals surface area contributed by atoms with Crippen molar-refractivity contribution in [3.05, 3.63) is 23.3 Å². The van der Waals surface area contributed by atoms with Crippen LogP contribution in [0, 0.1) is 19.3 Å². The minimum Gasteiger partial charge on any atom is -0.507 e. The number of hydrogen-bond acceptors (Lipinski definition) is 3. The van der Waals surface area contributed by atoms with Crippen LogP contribution >= 0.6 is 0 Å². The standard InChI is InChI=1S/C16H24N2O2/c1-10-6-7-12(11(2)13(10)19)18-15(20)14-16(3,4)8-5-9-17-14/h6-7,14,17,19H,5,8-9H2,1-4H3,(H,18,20). The number of carbonyl (C=O) groups is 1. The predicted molar refractivity (Wildman–Crippen MR) is 81.0 cm³/mol. The second kappa shape index (κ2) is 5.44. The van der Waals surface area contributed by atoms with Crippen LogP contribution in [0.3, 0.4) is 0 Å². The number of nitrogens with one attached hydrogen (secondary N) is 2. The first-order valence-corrected chi connectivity index (χ1v) is 7.16. The fourth-order valence-electron chi connectivity index (χ4n) is 2.83. The van der Waals surface area contributed by atoms with Crippen molar-refractivity contribution in [2.24, 2.45) is 5.41 Å². The van der Waals surface area contributed by atoms with E-state index in [1.807, 2.05) is 26.0 Å². The summed E-state index contributed by atoms with van der Waals surface area (Å²) in [6.07, 6.45) is 2.14. The maximum absolute atomic E-state index is 12.5. The maximum Gasteiger partial charge on any atom is 0.242 e. The number of aromatic hydroxyl groups is 1. The first kappa shape index (κ1) is 14.9. The quantitative estimate of drug-likeness (QED) is 0.778. The van der Waals surface area contributed by atoms with Crippen molar-refractivity contribution in [1.29, 1.82) is 0 Å². The van der Waals surface area contributed by atoms with Crippen LogP contribution in [0.4, 0.5) is 5.69 Å². The number of hydrogen-bond donors (Lipinski definition) is 3. The van der Waals surface area contributed by atoms with Gasteiger partial charge in [0.25, 0.3) is 0 Å². The molecule has 3 N–H and O–H groups in total. The second-order valence-corrected chi connectivity index (χ2v) is 6.37. The molecule has 1 atom stereocenters. The fraction of sp³-hybridized carbons (Fsp3) is 0.562. The first-order valence-electron chi connectivity index (χ1n) is 7.16. The van der Waals surface area contributed by atoms with E-state index in [0.29, 0.717) is 11.3 Å². The molecule has 1 aromatic rings. The number of phenols is 1. The maximum atomic E-state index is 12.5. The van der Waals surface area contributed by atoms with E-state index in [-0.39, 0.29) is 23.1 Å². The van der Waals surface area contributed by atoms with Crippen LogP contribution in [-0.4, -0.2) is 23.6 Å². The Morgan fingerprint density at radius 1 is 1.40 bits per heavy atom. The summed E-state index contributed by atoms with van der Waals surface area (Å²) in [7, 11) is 0. The molecular weight excluding hydrogens is 252 g/mol. The lowest BCUT2D eigenvalue weighted by Crippen LogP contribution is -2.53. The summed E-state index contributed by atoms with van der Waals surface area (Å²) in [5.41, 5.74) is 2.16. The molecule has 1 fully saturated rings. The van der Waals surface area contributed by atoms with E-state index < -0.39 is 0 Å². The Hall–Kier alpha value is -1.55. The highest BCUT2D eigenvalue weighted by Crippen LogP contribution is 2.32. The molecule has 4 nitrogen and oxygen atoms in total. The molecule has 0 radical (unpaired) electrons. The lowest BCUT2D eigenvalue weighted by molar-refractivity contribution is -0.121. The summed E-state index contributed by atoms with van der Waals surface area (Å²) >= 11 is 0. The highest BCUT2D eigenvalue weighted by molar-refractivity contribution is 5.96. The number of aryl methyl sites for hydroxylation is 1. The fourth-order valence-corrected chi connectivity index (χ4v) is 2.83. The molecule has 0 aromatic heterocycles. The molecule has 1 unspecified atom stereocenters. The van der Waals surface area contributed by atoms with E-state index in [2.05, 4.69) is 24.5 Å². The Morgan fingerprint density at radius 3 is 2.75 bits per heavy atom. The Bertz CT molecular complexity index is 523. The van der Waals surface area contributed by atoms with Gasteiger partial charge in [-0.05, 0) is 50.3 Å². The lowest BCUT2D eigenvalue weighted by Gasteiger charge is -2.38. The molecule has 4 heteroatoms. The minimum atomic E-state index is -0.195. The largest absolute Gasteiger partial charge is 0.507 e. The minimum absolute atomic E-state index is 0.0268.